The van der Waals surface area contributed by atoms with Crippen LogP contribution in [0.1, 0.15) is 22.0 Å². The number of pyridine rings is 1. The summed E-state index contributed by atoms with van der Waals surface area (Å²) in [6.07, 6.45) is 1.63. The van der Waals surface area contributed by atoms with Crippen molar-refractivity contribution in [1.29, 1.82) is 0 Å². The molecule has 1 fully saturated rings. The average Bonchev–Trinajstić information content (AvgIpc) is 2.91. The summed E-state index contributed by atoms with van der Waals surface area (Å²) in [7, 11) is 0. The van der Waals surface area contributed by atoms with Crippen molar-refractivity contribution in [3.63, 3.8) is 0 Å². The Morgan fingerprint density at radius 2 is 2.05 bits per heavy atom. The molecule has 1 amide bonds. The highest BCUT2D eigenvalue weighted by Crippen LogP contribution is 2.30. The number of H-pyrrole nitrogens is 1. The minimum Gasteiger partial charge on any atom is -0.336 e. The second-order valence-corrected chi connectivity index (χ2v) is 5.40. The van der Waals surface area contributed by atoms with Crippen LogP contribution < -0.4 is 0 Å². The highest BCUT2D eigenvalue weighted by atomic mass is 19.1. The highest BCUT2D eigenvalue weighted by molar-refractivity contribution is 6.04. The van der Waals surface area contributed by atoms with Crippen molar-refractivity contribution in [3.05, 3.63) is 59.7 Å². The van der Waals surface area contributed by atoms with Crippen molar-refractivity contribution in [3.8, 4) is 0 Å². The molecule has 1 aliphatic rings. The quantitative estimate of drug-likeness (QED) is 0.789. The molecular formula is C16H13FN4O. The van der Waals surface area contributed by atoms with Gasteiger partial charge in [-0.15, -0.1) is 0 Å². The van der Waals surface area contributed by atoms with Gasteiger partial charge in [0.25, 0.3) is 5.91 Å². The van der Waals surface area contributed by atoms with E-state index < -0.39 is 0 Å². The van der Waals surface area contributed by atoms with Gasteiger partial charge in [0.15, 0.2) is 5.65 Å². The Balaban J connectivity index is 1.53. The van der Waals surface area contributed by atoms with Crippen molar-refractivity contribution in [2.45, 2.75) is 5.92 Å². The molecule has 6 heteroatoms. The Morgan fingerprint density at radius 3 is 2.86 bits per heavy atom. The maximum Gasteiger partial charge on any atom is 0.272 e. The van der Waals surface area contributed by atoms with Crippen molar-refractivity contribution >= 4 is 16.9 Å². The molecule has 0 radical (unpaired) electrons. The normalized spacial score (nSPS) is 15.0. The van der Waals surface area contributed by atoms with E-state index in [9.17, 15) is 9.18 Å². The first-order chi connectivity index (χ1) is 10.7. The number of hydrogen-bond donors (Lipinski definition) is 1. The third kappa shape index (κ3) is 1.95. The number of rotatable bonds is 2. The lowest BCUT2D eigenvalue weighted by Gasteiger charge is -2.39. The van der Waals surface area contributed by atoms with E-state index in [1.165, 1.54) is 6.07 Å². The first kappa shape index (κ1) is 12.9. The second kappa shape index (κ2) is 4.91. The van der Waals surface area contributed by atoms with Gasteiger partial charge in [-0.05, 0) is 23.8 Å². The minimum atomic E-state index is -0.212. The van der Waals surface area contributed by atoms with Gasteiger partial charge in [0.1, 0.15) is 11.5 Å². The molecule has 3 heterocycles. The summed E-state index contributed by atoms with van der Waals surface area (Å²) in [6, 6.07) is 10.3. The molecule has 0 unspecified atom stereocenters. The third-order valence-corrected chi connectivity index (χ3v) is 4.06. The summed E-state index contributed by atoms with van der Waals surface area (Å²) < 4.78 is 13.7. The lowest BCUT2D eigenvalue weighted by atomic mass is 9.90. The summed E-state index contributed by atoms with van der Waals surface area (Å²) in [4.78, 5) is 18.3. The van der Waals surface area contributed by atoms with Crippen LogP contribution in [-0.4, -0.2) is 39.1 Å². The number of aromatic amines is 1. The average molecular weight is 296 g/mol. The lowest BCUT2D eigenvalue weighted by molar-refractivity contribution is 0.0594. The lowest BCUT2D eigenvalue weighted by Crippen LogP contribution is -2.48. The van der Waals surface area contributed by atoms with Gasteiger partial charge in [0.05, 0.1) is 5.39 Å². The second-order valence-electron chi connectivity index (χ2n) is 5.40. The fourth-order valence-corrected chi connectivity index (χ4v) is 2.82. The highest BCUT2D eigenvalue weighted by Gasteiger charge is 2.34. The van der Waals surface area contributed by atoms with Crippen LogP contribution in [0, 0.1) is 5.82 Å². The summed E-state index contributed by atoms with van der Waals surface area (Å²) >= 11 is 0. The zero-order chi connectivity index (χ0) is 15.1. The summed E-state index contributed by atoms with van der Waals surface area (Å²) in [5.74, 6) is -0.281. The number of nitrogens with zero attached hydrogens (tertiary/aromatic N) is 3. The van der Waals surface area contributed by atoms with Crippen molar-refractivity contribution < 1.29 is 9.18 Å². The SMILES string of the molecule is O=C(c1[nH]nc2ncccc12)N1CC(c2ccccc2F)C1. The Kier molecular flexibility index (Phi) is 2.89. The van der Waals surface area contributed by atoms with Crippen molar-refractivity contribution in [1.82, 2.24) is 20.1 Å². The smallest absolute Gasteiger partial charge is 0.272 e. The van der Waals surface area contributed by atoms with E-state index in [2.05, 4.69) is 15.2 Å². The number of benzene rings is 1. The van der Waals surface area contributed by atoms with Crippen LogP contribution in [0.5, 0.6) is 0 Å². The summed E-state index contributed by atoms with van der Waals surface area (Å²) in [6.45, 7) is 1.03. The molecule has 3 aromatic rings. The van der Waals surface area contributed by atoms with E-state index in [0.29, 0.717) is 35.4 Å². The first-order valence-corrected chi connectivity index (χ1v) is 7.07. The molecular weight excluding hydrogens is 283 g/mol. The molecule has 0 atom stereocenters. The van der Waals surface area contributed by atoms with Crippen molar-refractivity contribution in [2.24, 2.45) is 0 Å². The summed E-state index contributed by atoms with van der Waals surface area (Å²) in [5, 5.41) is 7.49. The predicted molar refractivity (Wildman–Crippen MR) is 78.9 cm³/mol. The van der Waals surface area contributed by atoms with E-state index in [1.807, 2.05) is 12.1 Å². The van der Waals surface area contributed by atoms with Crippen molar-refractivity contribution in [2.75, 3.05) is 13.1 Å². The van der Waals surface area contributed by atoms with Gasteiger partial charge < -0.3 is 4.90 Å². The van der Waals surface area contributed by atoms with Crippen LogP contribution in [0.25, 0.3) is 11.0 Å². The van der Waals surface area contributed by atoms with E-state index in [0.717, 1.165) is 0 Å². The molecule has 1 aromatic carbocycles. The Bertz CT molecular complexity index is 854. The number of likely N-dealkylation sites (tertiary alicyclic amines) is 1. The number of nitrogens with one attached hydrogen (secondary N) is 1. The monoisotopic (exact) mass is 296 g/mol. The molecule has 1 saturated heterocycles. The molecule has 0 aliphatic carbocycles. The van der Waals surface area contributed by atoms with Gasteiger partial charge in [-0.2, -0.15) is 5.10 Å². The van der Waals surface area contributed by atoms with Gasteiger partial charge in [0, 0.05) is 25.2 Å². The molecule has 5 nitrogen and oxygen atoms in total. The van der Waals surface area contributed by atoms with Gasteiger partial charge in [0.2, 0.25) is 0 Å². The van der Waals surface area contributed by atoms with Gasteiger partial charge in [-0.3, -0.25) is 9.89 Å². The zero-order valence-corrected chi connectivity index (χ0v) is 11.7. The van der Waals surface area contributed by atoms with E-state index in [-0.39, 0.29) is 17.6 Å². The number of amides is 1. The Labute approximate surface area is 125 Å². The fraction of sp³-hybridized carbons (Fsp3) is 0.188. The predicted octanol–water partition coefficient (Wildman–Crippen LogP) is 2.34. The molecule has 1 N–H and O–H groups in total. The zero-order valence-electron chi connectivity index (χ0n) is 11.7. The molecule has 0 bridgehead atoms. The fourth-order valence-electron chi connectivity index (χ4n) is 2.82. The van der Waals surface area contributed by atoms with Crippen LogP contribution in [0.2, 0.25) is 0 Å². The Hall–Kier alpha value is -2.76. The molecule has 110 valence electrons. The number of halogens is 1. The maximum atomic E-state index is 13.7. The first-order valence-electron chi connectivity index (χ1n) is 7.07. The largest absolute Gasteiger partial charge is 0.336 e. The molecule has 4 rings (SSSR count). The molecule has 22 heavy (non-hydrogen) atoms. The van der Waals surface area contributed by atoms with E-state index in [4.69, 9.17) is 0 Å². The van der Waals surface area contributed by atoms with Gasteiger partial charge >= 0.3 is 0 Å². The standard InChI is InChI=1S/C16H13FN4O/c17-13-6-2-1-4-11(13)10-8-21(9-10)16(22)14-12-5-3-7-18-15(12)20-19-14/h1-7,10H,8-9H2,(H,18,19,20). The number of hydrogen-bond acceptors (Lipinski definition) is 3. The molecule has 0 saturated carbocycles. The topological polar surface area (TPSA) is 61.9 Å². The minimum absolute atomic E-state index is 0.0532. The van der Waals surface area contributed by atoms with E-state index >= 15 is 0 Å². The number of carbonyl (C=O) groups excluding carboxylic acids is 1. The molecule has 0 spiro atoms. The van der Waals surface area contributed by atoms with Gasteiger partial charge in [-0.1, -0.05) is 18.2 Å². The van der Waals surface area contributed by atoms with Crippen LogP contribution in [0.15, 0.2) is 42.6 Å². The third-order valence-electron chi connectivity index (χ3n) is 4.06. The molecule has 1 aliphatic heterocycles. The van der Waals surface area contributed by atoms with Crippen LogP contribution in [0.4, 0.5) is 4.39 Å². The van der Waals surface area contributed by atoms with Crippen LogP contribution in [-0.2, 0) is 0 Å². The summed E-state index contributed by atoms with van der Waals surface area (Å²) in [5.41, 5.74) is 1.63. The molecule has 2 aromatic heterocycles. The number of fused-ring (bicyclic) bond motifs is 1. The number of aromatic nitrogens is 3. The van der Waals surface area contributed by atoms with Crippen LogP contribution >= 0.6 is 0 Å². The van der Waals surface area contributed by atoms with E-state index in [1.54, 1.807) is 29.3 Å². The van der Waals surface area contributed by atoms with Gasteiger partial charge in [-0.25, -0.2) is 9.37 Å². The maximum absolute atomic E-state index is 13.7. The Morgan fingerprint density at radius 1 is 1.23 bits per heavy atom. The number of carbonyl (C=O) groups is 1. The van der Waals surface area contributed by atoms with Crippen LogP contribution in [0.3, 0.4) is 0 Å².